The summed E-state index contributed by atoms with van der Waals surface area (Å²) in [4.78, 5) is 28.8. The zero-order valence-corrected chi connectivity index (χ0v) is 15.7. The molecule has 150 valence electrons. The van der Waals surface area contributed by atoms with E-state index in [9.17, 15) is 22.4 Å². The third-order valence-corrected chi connectivity index (χ3v) is 7.20. The van der Waals surface area contributed by atoms with Crippen LogP contribution in [0.4, 0.5) is 5.82 Å². The van der Waals surface area contributed by atoms with Crippen molar-refractivity contribution >= 4 is 38.2 Å². The molecule has 3 heterocycles. The molecule has 15 nitrogen and oxygen atoms in total. The maximum atomic E-state index is 11.4. The molecule has 4 atom stereocenters. The van der Waals surface area contributed by atoms with Crippen molar-refractivity contribution in [2.75, 3.05) is 12.3 Å². The van der Waals surface area contributed by atoms with Crippen molar-refractivity contribution in [2.24, 2.45) is 0 Å². The Morgan fingerprint density at radius 2 is 1.96 bits per heavy atom. The SMILES string of the molecule is Nc1ncnc2c1ncn2[C@@H]1O[C@H](CO[Se](=O)(=O)OP(=O)(O)O)[C@@H](O)[C@H]1O. The number of imidazole rings is 1. The van der Waals surface area contributed by atoms with Gasteiger partial charge in [0.25, 0.3) is 0 Å². The second-order valence-corrected chi connectivity index (χ2v) is 9.66. The molecule has 2 aromatic rings. The topological polar surface area (TPSA) is 229 Å². The second-order valence-electron chi connectivity index (χ2n) is 5.39. The summed E-state index contributed by atoms with van der Waals surface area (Å²) >= 11 is -5.88. The van der Waals surface area contributed by atoms with Crippen LogP contribution in [0, 0.1) is 0 Å². The van der Waals surface area contributed by atoms with Gasteiger partial charge in [-0.2, -0.15) is 0 Å². The average Bonchev–Trinajstić information content (AvgIpc) is 3.07. The van der Waals surface area contributed by atoms with E-state index >= 15 is 0 Å². The molecule has 0 unspecified atom stereocenters. The Morgan fingerprint density at radius 1 is 1.26 bits per heavy atom. The number of aliphatic hydroxyl groups excluding tert-OH is 2. The third-order valence-electron chi connectivity index (χ3n) is 3.56. The van der Waals surface area contributed by atoms with Gasteiger partial charge < -0.3 is 0 Å². The molecule has 3 rings (SSSR count). The van der Waals surface area contributed by atoms with Gasteiger partial charge >= 0.3 is 152 Å². The van der Waals surface area contributed by atoms with E-state index in [4.69, 9.17) is 20.3 Å². The first-order valence-electron chi connectivity index (χ1n) is 7.09. The van der Waals surface area contributed by atoms with Crippen molar-refractivity contribution in [3.63, 3.8) is 0 Å². The monoisotopic (exact) mass is 475 g/mol. The number of fused-ring (bicyclic) bond motifs is 1. The predicted molar refractivity (Wildman–Crippen MR) is 81.9 cm³/mol. The molecule has 0 amide bonds. The van der Waals surface area contributed by atoms with Crippen LogP contribution >= 0.6 is 7.82 Å². The molecule has 0 aliphatic carbocycles. The number of ether oxygens (including phenoxy) is 1. The van der Waals surface area contributed by atoms with E-state index in [-0.39, 0.29) is 17.0 Å². The molecule has 0 saturated carbocycles. The van der Waals surface area contributed by atoms with E-state index < -0.39 is 52.3 Å². The third kappa shape index (κ3) is 4.30. The summed E-state index contributed by atoms with van der Waals surface area (Å²) in [5, 5.41) is 20.2. The summed E-state index contributed by atoms with van der Waals surface area (Å²) in [5.74, 6) is 0.0792. The fourth-order valence-electron chi connectivity index (χ4n) is 2.44. The number of aromatic nitrogens is 4. The van der Waals surface area contributed by atoms with E-state index in [1.807, 2.05) is 0 Å². The van der Waals surface area contributed by atoms with Gasteiger partial charge in [-0.25, -0.2) is 0 Å². The predicted octanol–water partition coefficient (Wildman–Crippen LogP) is -2.55. The van der Waals surface area contributed by atoms with Crippen LogP contribution < -0.4 is 5.73 Å². The van der Waals surface area contributed by atoms with Crippen molar-refractivity contribution in [3.8, 4) is 0 Å². The minimum absolute atomic E-state index is 0.0792. The molecule has 0 radical (unpaired) electrons. The Hall–Kier alpha value is -1.58. The number of nitrogen functional groups attached to an aromatic ring is 1. The van der Waals surface area contributed by atoms with Gasteiger partial charge in [0.2, 0.25) is 0 Å². The average molecular weight is 474 g/mol. The fraction of sp³-hybridized carbons (Fsp3) is 0.500. The zero-order chi connectivity index (χ0) is 20.0. The Morgan fingerprint density at radius 3 is 2.63 bits per heavy atom. The van der Waals surface area contributed by atoms with Gasteiger partial charge in [0.05, 0.1) is 0 Å². The molecule has 27 heavy (non-hydrogen) atoms. The van der Waals surface area contributed by atoms with Crippen molar-refractivity contribution < 1.29 is 44.4 Å². The molecular weight excluding hydrogens is 460 g/mol. The Balaban J connectivity index is 1.76. The number of nitrogens with zero attached hydrogens (tertiary/aromatic N) is 4. The Bertz CT molecular complexity index is 991. The quantitative estimate of drug-likeness (QED) is 0.214. The number of rotatable bonds is 6. The summed E-state index contributed by atoms with van der Waals surface area (Å²) in [6.07, 6.45) is -3.30. The standard InChI is InChI=1S/C10H14N5O10PSe/c11-8-5-9(13-2-12-8)15(3-14-5)10-7(17)6(16)4(24-10)1-23-27(21,22)25-26(18,19)20/h2-4,6-7,10,16-17H,1H2,(H2,11,12,13)(H2,18,19,20)/t4-,6-,7-,10-/m1/s1. The second kappa shape index (κ2) is 7.10. The molecule has 1 saturated heterocycles. The van der Waals surface area contributed by atoms with Crippen LogP contribution in [-0.2, 0) is 24.4 Å². The van der Waals surface area contributed by atoms with Gasteiger partial charge in [0.15, 0.2) is 0 Å². The van der Waals surface area contributed by atoms with Crippen molar-refractivity contribution in [1.29, 1.82) is 0 Å². The summed E-state index contributed by atoms with van der Waals surface area (Å²) in [6.45, 7) is -0.856. The number of hydrogen-bond donors (Lipinski definition) is 5. The van der Waals surface area contributed by atoms with E-state index in [1.165, 1.54) is 10.9 Å². The fourth-order valence-corrected chi connectivity index (χ4v) is 5.12. The van der Waals surface area contributed by atoms with Crippen LogP contribution in [0.3, 0.4) is 0 Å². The molecule has 2 aromatic heterocycles. The van der Waals surface area contributed by atoms with E-state index in [2.05, 4.69) is 22.4 Å². The molecule has 0 aromatic carbocycles. The molecule has 6 N–H and O–H groups in total. The molecule has 1 fully saturated rings. The van der Waals surface area contributed by atoms with E-state index in [0.29, 0.717) is 0 Å². The number of anilines is 1. The van der Waals surface area contributed by atoms with Crippen LogP contribution in [-0.4, -0.2) is 77.8 Å². The summed E-state index contributed by atoms with van der Waals surface area (Å²) < 4.78 is 48.0. The van der Waals surface area contributed by atoms with Gasteiger partial charge in [0, 0.05) is 0 Å². The summed E-state index contributed by atoms with van der Waals surface area (Å²) in [7, 11) is -5.33. The van der Waals surface area contributed by atoms with Crippen molar-refractivity contribution in [1.82, 2.24) is 19.5 Å². The van der Waals surface area contributed by atoms with Crippen molar-refractivity contribution in [2.45, 2.75) is 24.5 Å². The van der Waals surface area contributed by atoms with Gasteiger partial charge in [-0.15, -0.1) is 0 Å². The number of hydrogen-bond acceptors (Lipinski definition) is 12. The summed E-state index contributed by atoms with van der Waals surface area (Å²) in [6, 6.07) is 0. The van der Waals surface area contributed by atoms with Crippen LogP contribution in [0.15, 0.2) is 12.7 Å². The van der Waals surface area contributed by atoms with Crippen LogP contribution in [0.25, 0.3) is 11.2 Å². The zero-order valence-electron chi connectivity index (χ0n) is 13.1. The first-order valence-corrected chi connectivity index (χ1v) is 11.4. The van der Waals surface area contributed by atoms with Gasteiger partial charge in [0.1, 0.15) is 0 Å². The molecule has 17 heteroatoms. The van der Waals surface area contributed by atoms with Gasteiger partial charge in [-0.05, 0) is 0 Å². The van der Waals surface area contributed by atoms with E-state index in [0.717, 1.165) is 6.33 Å². The van der Waals surface area contributed by atoms with Crippen LogP contribution in [0.5, 0.6) is 0 Å². The van der Waals surface area contributed by atoms with Crippen LogP contribution in [0.1, 0.15) is 6.23 Å². The van der Waals surface area contributed by atoms with E-state index in [1.54, 1.807) is 0 Å². The maximum absolute atomic E-state index is 11.4. The normalized spacial score (nSPS) is 26.7. The van der Waals surface area contributed by atoms with Crippen LogP contribution in [0.2, 0.25) is 0 Å². The number of phosphoric acid groups is 1. The molecule has 0 spiro atoms. The first-order chi connectivity index (χ1) is 12.5. The molecular formula is C10H14N5O10PSe. The Labute approximate surface area is 152 Å². The Kier molecular flexibility index (Phi) is 5.30. The molecule has 0 bridgehead atoms. The van der Waals surface area contributed by atoms with Gasteiger partial charge in [-0.1, -0.05) is 0 Å². The summed E-state index contributed by atoms with van der Waals surface area (Å²) in [5.41, 5.74) is 6.08. The van der Waals surface area contributed by atoms with Gasteiger partial charge in [-0.3, -0.25) is 0 Å². The van der Waals surface area contributed by atoms with Crippen molar-refractivity contribution in [3.05, 3.63) is 12.7 Å². The molecule has 1 aliphatic rings. The molecule has 1 aliphatic heterocycles. The number of aliphatic hydroxyl groups is 2. The first kappa shape index (κ1) is 20.2. The minimum atomic E-state index is -5.88. The number of nitrogens with two attached hydrogens (primary N) is 1.